The Hall–Kier alpha value is -0.600. The van der Waals surface area contributed by atoms with Gasteiger partial charge in [0.1, 0.15) is 6.17 Å². The summed E-state index contributed by atoms with van der Waals surface area (Å²) in [4.78, 5) is 0. The molecule has 14 heavy (non-hydrogen) atoms. The Balaban J connectivity index is 2.94. The van der Waals surface area contributed by atoms with Crippen LogP contribution in [0.25, 0.3) is 0 Å². The fraction of sp³-hybridized carbons (Fsp3) is 0.455. The first kappa shape index (κ1) is 11.5. The average Bonchev–Trinajstić information content (AvgIpc) is 2.16. The first-order valence-electron chi connectivity index (χ1n) is 4.57. The zero-order chi connectivity index (χ0) is 10.8. The van der Waals surface area contributed by atoms with Crippen LogP contribution in [0.15, 0.2) is 24.3 Å². The molecule has 1 unspecified atom stereocenters. The topological polar surface area (TPSA) is 26.0 Å². The molecule has 0 aliphatic carbocycles. The molecule has 1 aromatic rings. The Kier molecular flexibility index (Phi) is 3.51. The van der Waals surface area contributed by atoms with Gasteiger partial charge in [-0.15, -0.1) is 0 Å². The van der Waals surface area contributed by atoms with Crippen molar-refractivity contribution in [3.05, 3.63) is 34.9 Å². The standard InChI is InChI=1S/C11H15ClFN/c1-11(2,7-14)10(13)8-4-3-5-9(12)6-8/h3-6,10H,7,14H2,1-2H3. The lowest BCUT2D eigenvalue weighted by Crippen LogP contribution is -2.28. The van der Waals surface area contributed by atoms with E-state index in [0.29, 0.717) is 17.1 Å². The summed E-state index contributed by atoms with van der Waals surface area (Å²) in [5, 5.41) is 0.554. The molecule has 0 aliphatic heterocycles. The highest BCUT2D eigenvalue weighted by Gasteiger charge is 2.29. The molecular formula is C11H15ClFN. The molecule has 1 rings (SSSR count). The minimum absolute atomic E-state index is 0.306. The summed E-state index contributed by atoms with van der Waals surface area (Å²) in [5.41, 5.74) is 5.55. The average molecular weight is 216 g/mol. The lowest BCUT2D eigenvalue weighted by Gasteiger charge is -2.27. The summed E-state index contributed by atoms with van der Waals surface area (Å²) in [6.07, 6.45) is -1.08. The van der Waals surface area contributed by atoms with Crippen molar-refractivity contribution in [1.82, 2.24) is 0 Å². The zero-order valence-corrected chi connectivity index (χ0v) is 9.18. The molecule has 0 amide bonds. The molecule has 3 heteroatoms. The Labute approximate surface area is 89.1 Å². The largest absolute Gasteiger partial charge is 0.330 e. The maximum Gasteiger partial charge on any atom is 0.131 e. The van der Waals surface area contributed by atoms with Crippen molar-refractivity contribution >= 4 is 11.6 Å². The van der Waals surface area contributed by atoms with Crippen molar-refractivity contribution < 1.29 is 4.39 Å². The number of benzene rings is 1. The highest BCUT2D eigenvalue weighted by molar-refractivity contribution is 6.30. The van der Waals surface area contributed by atoms with E-state index in [0.717, 1.165) is 0 Å². The van der Waals surface area contributed by atoms with Crippen molar-refractivity contribution in [3.8, 4) is 0 Å². The third-order valence-electron chi connectivity index (χ3n) is 2.35. The van der Waals surface area contributed by atoms with Gasteiger partial charge >= 0.3 is 0 Å². The van der Waals surface area contributed by atoms with Crippen molar-refractivity contribution in [2.75, 3.05) is 6.54 Å². The Morgan fingerprint density at radius 3 is 2.64 bits per heavy atom. The molecule has 0 saturated heterocycles. The number of hydrogen-bond acceptors (Lipinski definition) is 1. The van der Waals surface area contributed by atoms with Gasteiger partial charge in [0.2, 0.25) is 0 Å². The van der Waals surface area contributed by atoms with Gasteiger partial charge in [0, 0.05) is 17.0 Å². The fourth-order valence-electron chi connectivity index (χ4n) is 1.22. The van der Waals surface area contributed by atoms with E-state index in [-0.39, 0.29) is 0 Å². The number of alkyl halides is 1. The molecule has 0 aliphatic rings. The molecule has 0 heterocycles. The van der Waals surface area contributed by atoms with Crippen molar-refractivity contribution in [1.29, 1.82) is 0 Å². The monoisotopic (exact) mass is 215 g/mol. The van der Waals surface area contributed by atoms with Crippen LogP contribution in [-0.2, 0) is 0 Å². The van der Waals surface area contributed by atoms with Gasteiger partial charge in [0.15, 0.2) is 0 Å². The first-order chi connectivity index (χ1) is 6.47. The molecule has 0 saturated carbocycles. The third-order valence-corrected chi connectivity index (χ3v) is 2.59. The summed E-state index contributed by atoms with van der Waals surface area (Å²) in [6.45, 7) is 3.91. The normalized spacial score (nSPS) is 14.1. The van der Waals surface area contributed by atoms with E-state index in [1.54, 1.807) is 38.1 Å². The summed E-state index contributed by atoms with van der Waals surface area (Å²) in [5.74, 6) is 0. The van der Waals surface area contributed by atoms with Crippen LogP contribution < -0.4 is 5.73 Å². The van der Waals surface area contributed by atoms with Crippen LogP contribution >= 0.6 is 11.6 Å². The predicted octanol–water partition coefficient (Wildman–Crippen LogP) is 3.34. The van der Waals surface area contributed by atoms with Gasteiger partial charge in [-0.25, -0.2) is 4.39 Å². The lowest BCUT2D eigenvalue weighted by molar-refractivity contribution is 0.153. The van der Waals surface area contributed by atoms with E-state index < -0.39 is 11.6 Å². The smallest absolute Gasteiger partial charge is 0.131 e. The van der Waals surface area contributed by atoms with E-state index in [9.17, 15) is 4.39 Å². The van der Waals surface area contributed by atoms with E-state index in [1.165, 1.54) is 0 Å². The summed E-state index contributed by atoms with van der Waals surface area (Å²) in [7, 11) is 0. The molecule has 0 fully saturated rings. The Morgan fingerprint density at radius 2 is 2.14 bits per heavy atom. The van der Waals surface area contributed by atoms with Crippen LogP contribution in [0.4, 0.5) is 4.39 Å². The maximum atomic E-state index is 14.0. The summed E-state index contributed by atoms with van der Waals surface area (Å²) in [6, 6.07) is 6.85. The molecule has 78 valence electrons. The second-order valence-corrected chi connectivity index (χ2v) is 4.55. The second kappa shape index (κ2) is 4.28. The van der Waals surface area contributed by atoms with E-state index in [2.05, 4.69) is 0 Å². The van der Waals surface area contributed by atoms with Crippen LogP contribution in [-0.4, -0.2) is 6.54 Å². The van der Waals surface area contributed by atoms with Crippen LogP contribution in [0.1, 0.15) is 25.6 Å². The van der Waals surface area contributed by atoms with Crippen LogP contribution in [0.2, 0.25) is 5.02 Å². The Morgan fingerprint density at radius 1 is 1.50 bits per heavy atom. The second-order valence-electron chi connectivity index (χ2n) is 4.11. The van der Waals surface area contributed by atoms with Crippen molar-refractivity contribution in [2.24, 2.45) is 11.1 Å². The third kappa shape index (κ3) is 2.46. The SMILES string of the molecule is CC(C)(CN)C(F)c1cccc(Cl)c1. The number of nitrogens with two attached hydrogens (primary N) is 1. The van der Waals surface area contributed by atoms with Gasteiger partial charge in [-0.1, -0.05) is 37.6 Å². The first-order valence-corrected chi connectivity index (χ1v) is 4.95. The number of halogens is 2. The van der Waals surface area contributed by atoms with Gasteiger partial charge in [-0.3, -0.25) is 0 Å². The quantitative estimate of drug-likeness (QED) is 0.823. The van der Waals surface area contributed by atoms with Crippen molar-refractivity contribution in [3.63, 3.8) is 0 Å². The van der Waals surface area contributed by atoms with Crippen molar-refractivity contribution in [2.45, 2.75) is 20.0 Å². The minimum atomic E-state index is -1.08. The molecule has 2 N–H and O–H groups in total. The Bertz CT molecular complexity index is 312. The van der Waals surface area contributed by atoms with Crippen LogP contribution in [0, 0.1) is 5.41 Å². The molecule has 0 spiro atoms. The molecule has 0 radical (unpaired) electrons. The molecule has 0 aromatic heterocycles. The van der Waals surface area contributed by atoms with Gasteiger partial charge in [0.05, 0.1) is 0 Å². The van der Waals surface area contributed by atoms with Crippen LogP contribution in [0.3, 0.4) is 0 Å². The van der Waals surface area contributed by atoms with E-state index in [4.69, 9.17) is 17.3 Å². The summed E-state index contributed by atoms with van der Waals surface area (Å²) >= 11 is 5.78. The zero-order valence-electron chi connectivity index (χ0n) is 8.43. The maximum absolute atomic E-state index is 14.0. The number of hydrogen-bond donors (Lipinski definition) is 1. The van der Waals surface area contributed by atoms with Crippen LogP contribution in [0.5, 0.6) is 0 Å². The van der Waals surface area contributed by atoms with Gasteiger partial charge < -0.3 is 5.73 Å². The highest BCUT2D eigenvalue weighted by Crippen LogP contribution is 2.36. The molecule has 0 bridgehead atoms. The van der Waals surface area contributed by atoms with Gasteiger partial charge in [-0.05, 0) is 17.7 Å². The number of rotatable bonds is 3. The molecule has 1 aromatic carbocycles. The predicted molar refractivity (Wildman–Crippen MR) is 58.1 cm³/mol. The minimum Gasteiger partial charge on any atom is -0.330 e. The lowest BCUT2D eigenvalue weighted by atomic mass is 9.84. The van der Waals surface area contributed by atoms with Gasteiger partial charge in [0.25, 0.3) is 0 Å². The summed E-state index contributed by atoms with van der Waals surface area (Å²) < 4.78 is 14.0. The van der Waals surface area contributed by atoms with Gasteiger partial charge in [-0.2, -0.15) is 0 Å². The molecule has 1 atom stereocenters. The molecular weight excluding hydrogens is 201 g/mol. The highest BCUT2D eigenvalue weighted by atomic mass is 35.5. The van der Waals surface area contributed by atoms with E-state index >= 15 is 0 Å². The molecule has 1 nitrogen and oxygen atoms in total. The fourth-order valence-corrected chi connectivity index (χ4v) is 1.42. The van der Waals surface area contributed by atoms with E-state index in [1.807, 2.05) is 0 Å².